The van der Waals surface area contributed by atoms with Crippen LogP contribution in [0.5, 0.6) is 0 Å². The predicted molar refractivity (Wildman–Crippen MR) is 93.2 cm³/mol. The van der Waals surface area contributed by atoms with Crippen molar-refractivity contribution in [3.05, 3.63) is 68.6 Å². The van der Waals surface area contributed by atoms with Gasteiger partial charge in [0.05, 0.1) is 0 Å². The molecule has 0 saturated heterocycles. The van der Waals surface area contributed by atoms with Gasteiger partial charge >= 0.3 is 0 Å². The van der Waals surface area contributed by atoms with Gasteiger partial charge in [0, 0.05) is 15.0 Å². The zero-order chi connectivity index (χ0) is 14.4. The van der Waals surface area contributed by atoms with E-state index in [1.807, 2.05) is 0 Å². The maximum Gasteiger partial charge on any atom is 0.0178 e. The van der Waals surface area contributed by atoms with Crippen molar-refractivity contribution in [3.63, 3.8) is 0 Å². The van der Waals surface area contributed by atoms with Gasteiger partial charge in [-0.15, -0.1) is 0 Å². The van der Waals surface area contributed by atoms with Crippen LogP contribution in [0.15, 0.2) is 57.5 Å². The van der Waals surface area contributed by atoms with Gasteiger partial charge < -0.3 is 5.32 Å². The molecule has 0 spiro atoms. The van der Waals surface area contributed by atoms with Gasteiger partial charge in [-0.1, -0.05) is 63.0 Å². The predicted octanol–water partition coefficient (Wildman–Crippen LogP) is 4.97. The van der Waals surface area contributed by atoms with Crippen molar-refractivity contribution in [2.75, 3.05) is 6.54 Å². The standard InChI is InChI=1S/C17H19Br2N/c1-2-20-17(11-13-5-3-7-15(18)9-13)12-14-6-4-8-16(19)10-14/h3-10,17,20H,2,11-12H2,1H3. The third-order valence-electron chi connectivity index (χ3n) is 3.24. The highest BCUT2D eigenvalue weighted by Gasteiger charge is 2.10. The van der Waals surface area contributed by atoms with Gasteiger partial charge in [0.15, 0.2) is 0 Å². The molecule has 0 heterocycles. The summed E-state index contributed by atoms with van der Waals surface area (Å²) in [6.45, 7) is 3.15. The molecule has 1 nitrogen and oxygen atoms in total. The summed E-state index contributed by atoms with van der Waals surface area (Å²) in [5.74, 6) is 0. The minimum absolute atomic E-state index is 0.462. The lowest BCUT2D eigenvalue weighted by atomic mass is 9.99. The number of nitrogens with one attached hydrogen (secondary N) is 1. The van der Waals surface area contributed by atoms with Crippen LogP contribution in [0, 0.1) is 0 Å². The third-order valence-corrected chi connectivity index (χ3v) is 4.22. The first kappa shape index (κ1) is 15.7. The number of rotatable bonds is 6. The zero-order valence-corrected chi connectivity index (χ0v) is 14.7. The Morgan fingerprint density at radius 3 is 1.80 bits per heavy atom. The number of benzene rings is 2. The van der Waals surface area contributed by atoms with Crippen LogP contribution >= 0.6 is 31.9 Å². The van der Waals surface area contributed by atoms with Crippen molar-refractivity contribution in [1.82, 2.24) is 5.32 Å². The first-order chi connectivity index (χ1) is 9.67. The zero-order valence-electron chi connectivity index (χ0n) is 11.6. The van der Waals surface area contributed by atoms with E-state index >= 15 is 0 Å². The van der Waals surface area contributed by atoms with Crippen molar-refractivity contribution in [2.45, 2.75) is 25.8 Å². The SMILES string of the molecule is CCNC(Cc1cccc(Br)c1)Cc1cccc(Br)c1. The van der Waals surface area contributed by atoms with Crippen molar-refractivity contribution >= 4 is 31.9 Å². The second kappa shape index (κ2) is 7.96. The molecule has 0 saturated carbocycles. The number of likely N-dealkylation sites (N-methyl/N-ethyl adjacent to an activating group) is 1. The molecule has 0 amide bonds. The summed E-state index contributed by atoms with van der Waals surface area (Å²) in [5.41, 5.74) is 2.72. The van der Waals surface area contributed by atoms with Gasteiger partial charge in [-0.05, 0) is 54.8 Å². The lowest BCUT2D eigenvalue weighted by Gasteiger charge is -2.18. The van der Waals surface area contributed by atoms with Crippen LogP contribution in [0.2, 0.25) is 0 Å². The number of hydrogen-bond acceptors (Lipinski definition) is 1. The lowest BCUT2D eigenvalue weighted by molar-refractivity contribution is 0.521. The minimum atomic E-state index is 0.462. The summed E-state index contributed by atoms with van der Waals surface area (Å²) >= 11 is 7.08. The van der Waals surface area contributed by atoms with Gasteiger partial charge in [-0.3, -0.25) is 0 Å². The molecule has 0 aliphatic rings. The quantitative estimate of drug-likeness (QED) is 0.726. The first-order valence-corrected chi connectivity index (χ1v) is 8.48. The average Bonchev–Trinajstić information content (AvgIpc) is 2.39. The Kier molecular flexibility index (Phi) is 6.27. The fraction of sp³-hybridized carbons (Fsp3) is 0.294. The molecule has 0 unspecified atom stereocenters. The maximum absolute atomic E-state index is 3.59. The van der Waals surface area contributed by atoms with Crippen LogP contribution in [0.25, 0.3) is 0 Å². The van der Waals surface area contributed by atoms with Gasteiger partial charge in [0.25, 0.3) is 0 Å². The smallest absolute Gasteiger partial charge is 0.0178 e. The molecule has 1 N–H and O–H groups in total. The Hall–Kier alpha value is -0.640. The highest BCUT2D eigenvalue weighted by Crippen LogP contribution is 2.17. The van der Waals surface area contributed by atoms with Crippen molar-refractivity contribution < 1.29 is 0 Å². The second-order valence-corrected chi connectivity index (χ2v) is 6.75. The number of hydrogen-bond donors (Lipinski definition) is 1. The van der Waals surface area contributed by atoms with E-state index in [1.165, 1.54) is 11.1 Å². The Labute approximate surface area is 138 Å². The lowest BCUT2D eigenvalue weighted by Crippen LogP contribution is -2.33. The maximum atomic E-state index is 3.59. The van der Waals surface area contributed by atoms with Crippen LogP contribution in [-0.4, -0.2) is 12.6 Å². The molecule has 0 atom stereocenters. The molecular formula is C17H19Br2N. The molecule has 0 aliphatic carbocycles. The van der Waals surface area contributed by atoms with E-state index in [9.17, 15) is 0 Å². The molecular weight excluding hydrogens is 378 g/mol. The van der Waals surface area contributed by atoms with E-state index < -0.39 is 0 Å². The summed E-state index contributed by atoms with van der Waals surface area (Å²) in [4.78, 5) is 0. The van der Waals surface area contributed by atoms with Crippen LogP contribution in [0.4, 0.5) is 0 Å². The summed E-state index contributed by atoms with van der Waals surface area (Å²) in [5, 5.41) is 3.59. The minimum Gasteiger partial charge on any atom is -0.314 e. The van der Waals surface area contributed by atoms with Crippen LogP contribution < -0.4 is 5.32 Å². The summed E-state index contributed by atoms with van der Waals surface area (Å²) < 4.78 is 2.29. The molecule has 0 bridgehead atoms. The molecule has 0 aliphatic heterocycles. The Bertz CT molecular complexity index is 507. The summed E-state index contributed by atoms with van der Waals surface area (Å²) in [6.07, 6.45) is 2.08. The highest BCUT2D eigenvalue weighted by atomic mass is 79.9. The first-order valence-electron chi connectivity index (χ1n) is 6.89. The second-order valence-electron chi connectivity index (χ2n) is 4.92. The van der Waals surface area contributed by atoms with E-state index in [4.69, 9.17) is 0 Å². The summed E-state index contributed by atoms with van der Waals surface area (Å²) in [6, 6.07) is 17.6. The Morgan fingerprint density at radius 1 is 0.900 bits per heavy atom. The Balaban J connectivity index is 2.07. The molecule has 2 aromatic rings. The Morgan fingerprint density at radius 2 is 1.40 bits per heavy atom. The van der Waals surface area contributed by atoms with Crippen LogP contribution in [0.1, 0.15) is 18.1 Å². The fourth-order valence-corrected chi connectivity index (χ4v) is 3.30. The molecule has 20 heavy (non-hydrogen) atoms. The van der Waals surface area contributed by atoms with Gasteiger partial charge in [-0.2, -0.15) is 0 Å². The molecule has 2 aromatic carbocycles. The monoisotopic (exact) mass is 395 g/mol. The van der Waals surface area contributed by atoms with Crippen LogP contribution in [0.3, 0.4) is 0 Å². The molecule has 0 radical (unpaired) electrons. The van der Waals surface area contributed by atoms with Gasteiger partial charge in [0.1, 0.15) is 0 Å². The van der Waals surface area contributed by atoms with E-state index in [1.54, 1.807) is 0 Å². The highest BCUT2D eigenvalue weighted by molar-refractivity contribution is 9.10. The van der Waals surface area contributed by atoms with Crippen molar-refractivity contribution in [2.24, 2.45) is 0 Å². The molecule has 106 valence electrons. The molecule has 0 aromatic heterocycles. The van der Waals surface area contributed by atoms with Crippen LogP contribution in [-0.2, 0) is 12.8 Å². The number of halogens is 2. The van der Waals surface area contributed by atoms with Crippen molar-refractivity contribution in [1.29, 1.82) is 0 Å². The third kappa shape index (κ3) is 5.04. The molecule has 3 heteroatoms. The molecule has 2 rings (SSSR count). The van der Waals surface area contributed by atoms with E-state index in [-0.39, 0.29) is 0 Å². The van der Waals surface area contributed by atoms with Gasteiger partial charge in [0.2, 0.25) is 0 Å². The normalized spacial score (nSPS) is 11.0. The molecule has 0 fully saturated rings. The largest absolute Gasteiger partial charge is 0.314 e. The van der Waals surface area contributed by atoms with E-state index in [2.05, 4.69) is 92.6 Å². The fourth-order valence-electron chi connectivity index (χ4n) is 2.40. The average molecular weight is 397 g/mol. The van der Waals surface area contributed by atoms with Gasteiger partial charge in [-0.25, -0.2) is 0 Å². The summed E-state index contributed by atoms with van der Waals surface area (Å²) in [7, 11) is 0. The topological polar surface area (TPSA) is 12.0 Å². The van der Waals surface area contributed by atoms with E-state index in [0.717, 1.165) is 28.3 Å². The van der Waals surface area contributed by atoms with E-state index in [0.29, 0.717) is 6.04 Å². The van der Waals surface area contributed by atoms with Crippen molar-refractivity contribution in [3.8, 4) is 0 Å².